The molecule has 0 radical (unpaired) electrons. The van der Waals surface area contributed by atoms with Crippen molar-refractivity contribution in [1.29, 1.82) is 0 Å². The third kappa shape index (κ3) is 4.25. The summed E-state index contributed by atoms with van der Waals surface area (Å²) in [5.41, 5.74) is 0.934. The zero-order valence-corrected chi connectivity index (χ0v) is 15.3. The average molecular weight is 391 g/mol. The summed E-state index contributed by atoms with van der Waals surface area (Å²) in [6, 6.07) is 10.7. The Morgan fingerprint density at radius 2 is 2.12 bits per heavy atom. The zero-order valence-electron chi connectivity index (χ0n) is 13.8. The summed E-state index contributed by atoms with van der Waals surface area (Å²) in [7, 11) is 1.42. The van der Waals surface area contributed by atoms with E-state index in [0.29, 0.717) is 16.7 Å². The molecule has 0 amide bonds. The number of carboxylic acids is 1. The van der Waals surface area contributed by atoms with Crippen molar-refractivity contribution in [2.24, 2.45) is 0 Å². The minimum atomic E-state index is -1.03. The second-order valence-electron chi connectivity index (χ2n) is 5.25. The molecule has 0 aliphatic heterocycles. The van der Waals surface area contributed by atoms with Crippen molar-refractivity contribution in [3.05, 3.63) is 64.8 Å². The van der Waals surface area contributed by atoms with Crippen LogP contribution in [0, 0.1) is 0 Å². The van der Waals surface area contributed by atoms with E-state index >= 15 is 0 Å². The van der Waals surface area contributed by atoms with Crippen LogP contribution in [-0.2, 0) is 16.1 Å². The number of thiazole rings is 1. The highest BCUT2D eigenvalue weighted by Crippen LogP contribution is 2.30. The first-order chi connectivity index (χ1) is 12.6. The lowest BCUT2D eigenvalue weighted by molar-refractivity contribution is -0.133. The molecule has 0 aliphatic carbocycles. The quantitative estimate of drug-likeness (QED) is 0.468. The summed E-state index contributed by atoms with van der Waals surface area (Å²) in [5.74, 6) is 0.0705. The molecule has 0 unspecified atom stereocenters. The normalized spacial score (nSPS) is 11.4. The van der Waals surface area contributed by atoms with E-state index in [-0.39, 0.29) is 12.1 Å². The van der Waals surface area contributed by atoms with Crippen molar-refractivity contribution >= 4 is 28.9 Å². The van der Waals surface area contributed by atoms with Crippen molar-refractivity contribution in [1.82, 2.24) is 9.55 Å². The molecule has 3 aromatic rings. The maximum atomic E-state index is 11.3. The summed E-state index contributed by atoms with van der Waals surface area (Å²) in [6.07, 6.45) is 3.02. The van der Waals surface area contributed by atoms with Gasteiger partial charge in [-0.15, -0.1) is 11.3 Å². The van der Waals surface area contributed by atoms with Crippen LogP contribution in [0.15, 0.2) is 59.8 Å². The van der Waals surface area contributed by atoms with Gasteiger partial charge in [0.05, 0.1) is 36.6 Å². The van der Waals surface area contributed by atoms with Crippen LogP contribution in [0.5, 0.6) is 11.6 Å². The first kappa shape index (κ1) is 18.0. The monoisotopic (exact) mass is 390 g/mol. The molecule has 2 heterocycles. The summed E-state index contributed by atoms with van der Waals surface area (Å²) in [6.45, 7) is 0.165. The minimum absolute atomic E-state index is 0.138. The average Bonchev–Trinajstić information content (AvgIpc) is 3.25. The predicted molar refractivity (Wildman–Crippen MR) is 99.8 cm³/mol. The second-order valence-corrected chi connectivity index (χ2v) is 6.55. The number of methoxy groups -OCH3 is 1. The minimum Gasteiger partial charge on any atom is -0.504 e. The lowest BCUT2D eigenvalue weighted by atomic mass is 10.3. The molecular weight excluding hydrogens is 376 g/mol. The van der Waals surface area contributed by atoms with Crippen LogP contribution in [-0.4, -0.2) is 27.7 Å². The first-order valence-electron chi connectivity index (χ1n) is 7.56. The van der Waals surface area contributed by atoms with Crippen LogP contribution in [0.3, 0.4) is 0 Å². The molecule has 0 saturated heterocycles. The standard InChI is InChI=1S/C18H15ClN2O4S/c1-24-10-12(18(22)23)9-21-8-2-3-15(21)17-20-16(11-26-17)25-14-6-4-13(19)5-7-14/h2-8,10-11H,9H2,1H3,(H,22,23)/b12-10-. The molecule has 0 spiro atoms. The number of hydrogen-bond acceptors (Lipinski definition) is 5. The van der Waals surface area contributed by atoms with E-state index in [9.17, 15) is 9.90 Å². The molecule has 0 bridgehead atoms. The number of carbonyl (C=O) groups is 1. The van der Waals surface area contributed by atoms with Gasteiger partial charge in [-0.1, -0.05) is 11.6 Å². The van der Waals surface area contributed by atoms with Gasteiger partial charge in [-0.25, -0.2) is 4.79 Å². The molecule has 1 N–H and O–H groups in total. The van der Waals surface area contributed by atoms with Crippen LogP contribution in [0.2, 0.25) is 5.02 Å². The summed E-state index contributed by atoms with van der Waals surface area (Å²) >= 11 is 7.27. The molecule has 0 atom stereocenters. The van der Waals surface area contributed by atoms with Crippen LogP contribution in [0.1, 0.15) is 0 Å². The van der Waals surface area contributed by atoms with Gasteiger partial charge >= 0.3 is 5.97 Å². The molecule has 8 heteroatoms. The van der Waals surface area contributed by atoms with E-state index in [0.717, 1.165) is 10.7 Å². The first-order valence-corrected chi connectivity index (χ1v) is 8.82. The maximum absolute atomic E-state index is 11.3. The van der Waals surface area contributed by atoms with Crippen LogP contribution in [0.25, 0.3) is 10.7 Å². The Kier molecular flexibility index (Phi) is 5.60. The van der Waals surface area contributed by atoms with Gasteiger partial charge in [-0.3, -0.25) is 0 Å². The molecule has 134 valence electrons. The molecule has 0 fully saturated rings. The Morgan fingerprint density at radius 1 is 1.35 bits per heavy atom. The lowest BCUT2D eigenvalue weighted by Crippen LogP contribution is -2.10. The van der Waals surface area contributed by atoms with E-state index in [1.165, 1.54) is 24.7 Å². The van der Waals surface area contributed by atoms with Gasteiger partial charge in [0.25, 0.3) is 0 Å². The number of aromatic nitrogens is 2. The maximum Gasteiger partial charge on any atom is 0.336 e. The number of halogens is 1. The molecular formula is C18H15ClN2O4S. The Morgan fingerprint density at radius 3 is 2.81 bits per heavy atom. The Bertz CT molecular complexity index is 931. The summed E-state index contributed by atoms with van der Waals surface area (Å²) in [5, 5.41) is 12.4. The van der Waals surface area contributed by atoms with Gasteiger partial charge in [0.2, 0.25) is 5.88 Å². The number of rotatable bonds is 7. The summed E-state index contributed by atoms with van der Waals surface area (Å²) in [4.78, 5) is 15.8. The van der Waals surface area contributed by atoms with Crippen LogP contribution < -0.4 is 4.74 Å². The zero-order chi connectivity index (χ0) is 18.5. The van der Waals surface area contributed by atoms with E-state index in [2.05, 4.69) is 4.98 Å². The molecule has 6 nitrogen and oxygen atoms in total. The van der Waals surface area contributed by atoms with Gasteiger partial charge in [0.15, 0.2) is 0 Å². The smallest absolute Gasteiger partial charge is 0.336 e. The van der Waals surface area contributed by atoms with Crippen LogP contribution in [0.4, 0.5) is 0 Å². The molecule has 0 aliphatic rings. The third-order valence-corrected chi connectivity index (χ3v) is 4.54. The Balaban J connectivity index is 1.80. The number of carboxylic acid groups (broad SMARTS) is 1. The highest BCUT2D eigenvalue weighted by Gasteiger charge is 2.14. The fraction of sp³-hybridized carbons (Fsp3) is 0.111. The molecule has 2 aromatic heterocycles. The van der Waals surface area contributed by atoms with E-state index in [4.69, 9.17) is 21.1 Å². The van der Waals surface area contributed by atoms with E-state index < -0.39 is 5.97 Å². The van der Waals surface area contributed by atoms with Crippen molar-refractivity contribution in [3.8, 4) is 22.3 Å². The van der Waals surface area contributed by atoms with Gasteiger partial charge in [0.1, 0.15) is 10.8 Å². The third-order valence-electron chi connectivity index (χ3n) is 3.44. The largest absolute Gasteiger partial charge is 0.504 e. The fourth-order valence-electron chi connectivity index (χ4n) is 2.27. The van der Waals surface area contributed by atoms with Crippen molar-refractivity contribution < 1.29 is 19.4 Å². The van der Waals surface area contributed by atoms with Gasteiger partial charge in [0, 0.05) is 11.2 Å². The number of nitrogens with zero attached hydrogens (tertiary/aromatic N) is 2. The fourth-order valence-corrected chi connectivity index (χ4v) is 3.16. The van der Waals surface area contributed by atoms with Crippen molar-refractivity contribution in [3.63, 3.8) is 0 Å². The predicted octanol–water partition coefficient (Wildman–Crippen LogP) is 4.67. The summed E-state index contributed by atoms with van der Waals surface area (Å²) < 4.78 is 12.4. The van der Waals surface area contributed by atoms with Crippen LogP contribution >= 0.6 is 22.9 Å². The molecule has 26 heavy (non-hydrogen) atoms. The highest BCUT2D eigenvalue weighted by molar-refractivity contribution is 7.13. The van der Waals surface area contributed by atoms with Gasteiger partial charge < -0.3 is 19.1 Å². The molecule has 1 aromatic carbocycles. The van der Waals surface area contributed by atoms with Crippen molar-refractivity contribution in [2.75, 3.05) is 7.11 Å². The van der Waals surface area contributed by atoms with Gasteiger partial charge in [-0.2, -0.15) is 4.98 Å². The number of hydrogen-bond donors (Lipinski definition) is 1. The number of ether oxygens (including phenoxy) is 2. The van der Waals surface area contributed by atoms with E-state index in [1.807, 2.05) is 12.1 Å². The Hall–Kier alpha value is -2.77. The number of aliphatic carboxylic acids is 1. The van der Waals surface area contributed by atoms with Crippen molar-refractivity contribution in [2.45, 2.75) is 6.54 Å². The lowest BCUT2D eigenvalue weighted by Gasteiger charge is -2.08. The Labute approximate surface area is 158 Å². The number of benzene rings is 1. The van der Waals surface area contributed by atoms with Gasteiger partial charge in [-0.05, 0) is 36.4 Å². The second kappa shape index (κ2) is 8.07. The topological polar surface area (TPSA) is 73.6 Å². The highest BCUT2D eigenvalue weighted by atomic mass is 35.5. The molecule has 0 saturated carbocycles. The SMILES string of the molecule is CO/C=C(/Cn1cccc1-c1nc(Oc2ccc(Cl)cc2)cs1)C(=O)O. The molecule has 3 rings (SSSR count). The van der Waals surface area contributed by atoms with E-state index in [1.54, 1.807) is 40.4 Å².